The van der Waals surface area contributed by atoms with Gasteiger partial charge in [0.05, 0.1) is 30.1 Å². The number of aromatic amines is 2. The number of amides is 1. The highest BCUT2D eigenvalue weighted by molar-refractivity contribution is 6.01. The molecule has 5 aromatic heterocycles. The molecule has 0 bridgehead atoms. The van der Waals surface area contributed by atoms with E-state index >= 15 is 0 Å². The van der Waals surface area contributed by atoms with Gasteiger partial charge in [-0.15, -0.1) is 0 Å². The van der Waals surface area contributed by atoms with Gasteiger partial charge in [-0.1, -0.05) is 25.0 Å². The van der Waals surface area contributed by atoms with Crippen LogP contribution in [0.5, 0.6) is 0 Å². The monoisotopic (exact) mass is 488 g/mol. The fourth-order valence-corrected chi connectivity index (χ4v) is 5.32. The molecule has 3 N–H and O–H groups in total. The number of hydrogen-bond acceptors (Lipinski definition) is 5. The Labute approximate surface area is 212 Å². The highest BCUT2D eigenvalue weighted by Gasteiger charge is 2.23. The molecule has 182 valence electrons. The molecule has 8 nitrogen and oxygen atoms in total. The van der Waals surface area contributed by atoms with Crippen LogP contribution in [0.2, 0.25) is 0 Å². The molecule has 8 heteroatoms. The van der Waals surface area contributed by atoms with Crippen LogP contribution >= 0.6 is 0 Å². The predicted octanol–water partition coefficient (Wildman–Crippen LogP) is 6.56. The van der Waals surface area contributed by atoms with Crippen LogP contribution in [0.3, 0.4) is 0 Å². The number of nitrogens with zero attached hydrogens (tertiary/aromatic N) is 3. The number of aromatic nitrogens is 5. The molecule has 1 aliphatic rings. The van der Waals surface area contributed by atoms with Crippen molar-refractivity contribution in [3.05, 3.63) is 73.6 Å². The van der Waals surface area contributed by atoms with Crippen molar-refractivity contribution in [3.63, 3.8) is 0 Å². The van der Waals surface area contributed by atoms with Crippen molar-refractivity contribution in [2.45, 2.75) is 25.7 Å². The minimum atomic E-state index is 0.0794. The molecule has 7 rings (SSSR count). The summed E-state index contributed by atoms with van der Waals surface area (Å²) in [6, 6.07) is 14.2. The predicted molar refractivity (Wildman–Crippen MR) is 143 cm³/mol. The molecule has 1 aromatic carbocycles. The van der Waals surface area contributed by atoms with Crippen molar-refractivity contribution in [2.75, 3.05) is 5.32 Å². The number of carbonyl (C=O) groups excluding carboxylic acids is 1. The van der Waals surface area contributed by atoms with E-state index in [1.807, 2.05) is 18.2 Å². The summed E-state index contributed by atoms with van der Waals surface area (Å²) in [6.45, 7) is 0. The third-order valence-corrected chi connectivity index (χ3v) is 7.23. The van der Waals surface area contributed by atoms with E-state index in [4.69, 9.17) is 4.42 Å². The van der Waals surface area contributed by atoms with Crippen molar-refractivity contribution < 1.29 is 9.21 Å². The van der Waals surface area contributed by atoms with Gasteiger partial charge in [-0.3, -0.25) is 14.9 Å². The molecule has 1 saturated carbocycles. The zero-order valence-corrected chi connectivity index (χ0v) is 20.0. The molecule has 5 heterocycles. The quantitative estimate of drug-likeness (QED) is 0.254. The molecule has 6 aromatic rings. The third kappa shape index (κ3) is 3.87. The standard InChI is InChI=1S/C29H24N6O2/c36-29(17-4-1-2-5-17)32-21-10-19(13-30-15-21)20-11-24-27(34-35-28(24)31-14-20)26-12-23-22(18-8-9-37-16-18)6-3-7-25(23)33-26/h3,6-17,33H,1-2,4-5H2,(H,32,36)(H,31,34,35). The molecule has 0 unspecified atom stereocenters. The number of furan rings is 1. The van der Waals surface area contributed by atoms with Gasteiger partial charge in [-0.05, 0) is 48.7 Å². The van der Waals surface area contributed by atoms with Crippen LogP contribution in [0.25, 0.3) is 55.6 Å². The van der Waals surface area contributed by atoms with Crippen LogP contribution in [0.15, 0.2) is 78.0 Å². The number of hydrogen-bond donors (Lipinski definition) is 3. The average Bonchev–Trinajstić information content (AvgIpc) is 3.74. The molecule has 0 saturated heterocycles. The van der Waals surface area contributed by atoms with E-state index in [1.165, 1.54) is 0 Å². The van der Waals surface area contributed by atoms with E-state index in [2.05, 4.69) is 54.7 Å². The van der Waals surface area contributed by atoms with Crippen LogP contribution in [0, 0.1) is 5.92 Å². The summed E-state index contributed by atoms with van der Waals surface area (Å²) in [4.78, 5) is 25.1. The van der Waals surface area contributed by atoms with Gasteiger partial charge in [0.15, 0.2) is 5.65 Å². The first-order chi connectivity index (χ1) is 18.2. The minimum absolute atomic E-state index is 0.0794. The second-order valence-electron chi connectivity index (χ2n) is 9.59. The van der Waals surface area contributed by atoms with E-state index in [9.17, 15) is 4.79 Å². The van der Waals surface area contributed by atoms with Crippen molar-refractivity contribution in [1.29, 1.82) is 0 Å². The summed E-state index contributed by atoms with van der Waals surface area (Å²) in [5.41, 5.74) is 8.00. The van der Waals surface area contributed by atoms with Crippen molar-refractivity contribution in [1.82, 2.24) is 25.1 Å². The second kappa shape index (κ2) is 8.74. The zero-order chi connectivity index (χ0) is 24.8. The smallest absolute Gasteiger partial charge is 0.227 e. The maximum Gasteiger partial charge on any atom is 0.227 e. The molecule has 37 heavy (non-hydrogen) atoms. The van der Waals surface area contributed by atoms with Gasteiger partial charge < -0.3 is 14.7 Å². The van der Waals surface area contributed by atoms with E-state index in [0.29, 0.717) is 11.3 Å². The Morgan fingerprint density at radius 2 is 1.86 bits per heavy atom. The Balaban J connectivity index is 1.25. The summed E-state index contributed by atoms with van der Waals surface area (Å²) in [5.74, 6) is 0.177. The van der Waals surface area contributed by atoms with Crippen LogP contribution in [0.1, 0.15) is 25.7 Å². The van der Waals surface area contributed by atoms with E-state index in [0.717, 1.165) is 75.6 Å². The topological polar surface area (TPSA) is 112 Å². The molecule has 0 aliphatic heterocycles. The SMILES string of the molecule is O=C(Nc1cncc(-c2cnc3[nH]nc(-c4cc5c(-c6ccoc6)cccc5[nH]4)c3c2)c1)C1CCCC1. The Kier molecular flexibility index (Phi) is 5.09. The normalized spacial score (nSPS) is 14.1. The number of fused-ring (bicyclic) bond motifs is 2. The van der Waals surface area contributed by atoms with Gasteiger partial charge >= 0.3 is 0 Å². The molecule has 1 amide bonds. The summed E-state index contributed by atoms with van der Waals surface area (Å²) >= 11 is 0. The Hall–Kier alpha value is -4.72. The largest absolute Gasteiger partial charge is 0.472 e. The van der Waals surface area contributed by atoms with E-state index in [1.54, 1.807) is 31.1 Å². The van der Waals surface area contributed by atoms with E-state index < -0.39 is 0 Å². The number of H-pyrrole nitrogens is 2. The van der Waals surface area contributed by atoms with Crippen LogP contribution in [-0.4, -0.2) is 31.1 Å². The van der Waals surface area contributed by atoms with Gasteiger partial charge in [0.1, 0.15) is 5.69 Å². The fraction of sp³-hybridized carbons (Fsp3) is 0.172. The number of nitrogens with one attached hydrogen (secondary N) is 3. The first-order valence-electron chi connectivity index (χ1n) is 12.5. The highest BCUT2D eigenvalue weighted by Crippen LogP contribution is 2.35. The van der Waals surface area contributed by atoms with Gasteiger partial charge in [0.25, 0.3) is 0 Å². The molecule has 1 fully saturated rings. The maximum absolute atomic E-state index is 12.6. The summed E-state index contributed by atoms with van der Waals surface area (Å²) in [7, 11) is 0. The van der Waals surface area contributed by atoms with Crippen molar-refractivity contribution >= 4 is 33.5 Å². The van der Waals surface area contributed by atoms with Crippen LogP contribution in [-0.2, 0) is 4.79 Å². The maximum atomic E-state index is 12.6. The van der Waals surface area contributed by atoms with Crippen molar-refractivity contribution in [3.8, 4) is 33.6 Å². The molecule has 0 atom stereocenters. The Bertz CT molecular complexity index is 1740. The summed E-state index contributed by atoms with van der Waals surface area (Å²) in [6.07, 6.45) is 12.9. The molecule has 0 spiro atoms. The second-order valence-corrected chi connectivity index (χ2v) is 9.59. The fourth-order valence-electron chi connectivity index (χ4n) is 5.32. The summed E-state index contributed by atoms with van der Waals surface area (Å²) in [5, 5.41) is 12.7. The Morgan fingerprint density at radius 1 is 0.973 bits per heavy atom. The molecule has 0 radical (unpaired) electrons. The van der Waals surface area contributed by atoms with Gasteiger partial charge in [0.2, 0.25) is 5.91 Å². The molecular formula is C29H24N6O2. The highest BCUT2D eigenvalue weighted by atomic mass is 16.3. The number of rotatable bonds is 5. The summed E-state index contributed by atoms with van der Waals surface area (Å²) < 4.78 is 5.30. The number of benzene rings is 1. The lowest BCUT2D eigenvalue weighted by Crippen LogP contribution is -2.20. The number of carbonyl (C=O) groups is 1. The number of anilines is 1. The Morgan fingerprint density at radius 3 is 2.73 bits per heavy atom. The first-order valence-corrected chi connectivity index (χ1v) is 12.5. The lowest BCUT2D eigenvalue weighted by molar-refractivity contribution is -0.119. The minimum Gasteiger partial charge on any atom is -0.472 e. The van der Waals surface area contributed by atoms with E-state index in [-0.39, 0.29) is 11.8 Å². The lowest BCUT2D eigenvalue weighted by atomic mass is 10.0. The van der Waals surface area contributed by atoms with Crippen LogP contribution in [0.4, 0.5) is 5.69 Å². The molecule has 1 aliphatic carbocycles. The molecular weight excluding hydrogens is 464 g/mol. The van der Waals surface area contributed by atoms with Gasteiger partial charge in [-0.25, -0.2) is 4.98 Å². The van der Waals surface area contributed by atoms with Crippen molar-refractivity contribution in [2.24, 2.45) is 5.92 Å². The zero-order valence-electron chi connectivity index (χ0n) is 20.0. The average molecular weight is 489 g/mol. The van der Waals surface area contributed by atoms with Gasteiger partial charge in [0, 0.05) is 51.3 Å². The van der Waals surface area contributed by atoms with Crippen LogP contribution < -0.4 is 5.32 Å². The lowest BCUT2D eigenvalue weighted by Gasteiger charge is -2.11. The first kappa shape index (κ1) is 21.6. The third-order valence-electron chi connectivity index (χ3n) is 7.23. The number of pyridine rings is 2. The van der Waals surface area contributed by atoms with Gasteiger partial charge in [-0.2, -0.15) is 5.10 Å².